The third kappa shape index (κ3) is 2.20. The van der Waals surface area contributed by atoms with Crippen LogP contribution in [0.1, 0.15) is 11.1 Å². The van der Waals surface area contributed by atoms with Crippen molar-refractivity contribution in [2.75, 3.05) is 0 Å². The molecule has 0 aliphatic carbocycles. The zero-order chi connectivity index (χ0) is 13.3. The number of carboxylic acids is 1. The van der Waals surface area contributed by atoms with Crippen LogP contribution in [0.5, 0.6) is 0 Å². The molecule has 1 aromatic rings. The smallest absolute Gasteiger partial charge is 0.335 e. The first-order valence-corrected chi connectivity index (χ1v) is 5.45. The van der Waals surface area contributed by atoms with E-state index in [-0.39, 0.29) is 0 Å². The van der Waals surface area contributed by atoms with Gasteiger partial charge in [-0.3, -0.25) is 4.79 Å². The molecule has 1 aliphatic rings. The first-order chi connectivity index (χ1) is 8.50. The number of hydrogen-bond acceptors (Lipinski definition) is 4. The average Bonchev–Trinajstić information content (AvgIpc) is 2.79. The van der Waals surface area contributed by atoms with Gasteiger partial charge in [-0.15, -0.1) is 0 Å². The average molecular weight is 251 g/mol. The maximum atomic E-state index is 11.8. The van der Waals surface area contributed by atoms with Crippen LogP contribution < -0.4 is 0 Å². The van der Waals surface area contributed by atoms with Crippen LogP contribution in [0.4, 0.5) is 0 Å². The van der Waals surface area contributed by atoms with E-state index in [0.29, 0.717) is 13.1 Å². The molecule has 0 radical (unpaired) electrons. The standard InChI is InChI=1S/C12H13NO5/c14-9(10(15)12(17)18)11(16)13-5-7-3-1-2-4-8(7)6-13/h1-4,9-10,14-15H,5-6H2,(H,17,18)/t9-,10-/m1/s1. The minimum absolute atomic E-state index is 0.318. The molecule has 0 spiro atoms. The van der Waals surface area contributed by atoms with Crippen LogP contribution in [-0.2, 0) is 22.7 Å². The summed E-state index contributed by atoms with van der Waals surface area (Å²) in [6, 6.07) is 7.41. The van der Waals surface area contributed by atoms with Crippen molar-refractivity contribution >= 4 is 11.9 Å². The highest BCUT2D eigenvalue weighted by Crippen LogP contribution is 2.23. The van der Waals surface area contributed by atoms with Crippen molar-refractivity contribution in [3.8, 4) is 0 Å². The molecule has 1 aromatic carbocycles. The molecule has 6 nitrogen and oxygen atoms in total. The number of carbonyl (C=O) groups is 2. The molecule has 0 aromatic heterocycles. The minimum Gasteiger partial charge on any atom is -0.479 e. The van der Waals surface area contributed by atoms with Crippen LogP contribution in [0.2, 0.25) is 0 Å². The highest BCUT2D eigenvalue weighted by molar-refractivity contribution is 5.88. The van der Waals surface area contributed by atoms with Crippen molar-refractivity contribution in [1.82, 2.24) is 4.90 Å². The fourth-order valence-electron chi connectivity index (χ4n) is 1.95. The van der Waals surface area contributed by atoms with E-state index >= 15 is 0 Å². The fraction of sp³-hybridized carbons (Fsp3) is 0.333. The predicted molar refractivity (Wildman–Crippen MR) is 60.3 cm³/mol. The molecular formula is C12H13NO5. The SMILES string of the molecule is O=C(O)[C@H](O)[C@@H](O)C(=O)N1Cc2ccccc2C1. The van der Waals surface area contributed by atoms with Crippen LogP contribution in [0, 0.1) is 0 Å². The molecule has 1 amide bonds. The second-order valence-electron chi connectivity index (χ2n) is 4.19. The fourth-order valence-corrected chi connectivity index (χ4v) is 1.95. The van der Waals surface area contributed by atoms with Crippen LogP contribution >= 0.6 is 0 Å². The normalized spacial score (nSPS) is 17.1. The third-order valence-electron chi connectivity index (χ3n) is 2.96. The number of aliphatic hydroxyl groups is 2. The summed E-state index contributed by atoms with van der Waals surface area (Å²) >= 11 is 0. The van der Waals surface area contributed by atoms with Gasteiger partial charge >= 0.3 is 5.97 Å². The van der Waals surface area contributed by atoms with Gasteiger partial charge in [-0.25, -0.2) is 4.79 Å². The lowest BCUT2D eigenvalue weighted by atomic mass is 10.1. The van der Waals surface area contributed by atoms with Crippen LogP contribution in [-0.4, -0.2) is 44.3 Å². The van der Waals surface area contributed by atoms with Crippen molar-refractivity contribution in [1.29, 1.82) is 0 Å². The van der Waals surface area contributed by atoms with Gasteiger partial charge in [-0.05, 0) is 11.1 Å². The summed E-state index contributed by atoms with van der Waals surface area (Å²) in [6.45, 7) is 0.636. The van der Waals surface area contributed by atoms with Crippen molar-refractivity contribution < 1.29 is 24.9 Å². The summed E-state index contributed by atoms with van der Waals surface area (Å²) in [5.74, 6) is -2.39. The Kier molecular flexibility index (Phi) is 3.31. The maximum Gasteiger partial charge on any atom is 0.335 e. The zero-order valence-electron chi connectivity index (χ0n) is 9.48. The summed E-state index contributed by atoms with van der Waals surface area (Å²) in [6.07, 6.45) is -4.03. The van der Waals surface area contributed by atoms with Gasteiger partial charge in [0.2, 0.25) is 0 Å². The van der Waals surface area contributed by atoms with E-state index in [0.717, 1.165) is 11.1 Å². The van der Waals surface area contributed by atoms with Gasteiger partial charge in [0.25, 0.3) is 5.91 Å². The number of fused-ring (bicyclic) bond motifs is 1. The van der Waals surface area contributed by atoms with Gasteiger partial charge in [-0.1, -0.05) is 24.3 Å². The number of rotatable bonds is 3. The first-order valence-electron chi connectivity index (χ1n) is 5.45. The van der Waals surface area contributed by atoms with Gasteiger partial charge in [0, 0.05) is 13.1 Å². The summed E-state index contributed by atoms with van der Waals surface area (Å²) in [7, 11) is 0. The molecule has 0 bridgehead atoms. The minimum atomic E-state index is -2.10. The first kappa shape index (κ1) is 12.5. The van der Waals surface area contributed by atoms with E-state index in [4.69, 9.17) is 10.2 Å². The van der Waals surface area contributed by atoms with E-state index in [1.54, 1.807) is 0 Å². The number of carboxylic acid groups (broad SMARTS) is 1. The molecule has 3 N–H and O–H groups in total. The molecule has 18 heavy (non-hydrogen) atoms. The highest BCUT2D eigenvalue weighted by atomic mass is 16.4. The summed E-state index contributed by atoms with van der Waals surface area (Å²) in [5, 5.41) is 27.2. The van der Waals surface area contributed by atoms with Crippen molar-refractivity contribution in [2.45, 2.75) is 25.3 Å². The van der Waals surface area contributed by atoms with Gasteiger partial charge < -0.3 is 20.2 Å². The Morgan fingerprint density at radius 2 is 1.56 bits per heavy atom. The number of aliphatic hydroxyl groups excluding tert-OH is 2. The molecule has 0 unspecified atom stereocenters. The van der Waals surface area contributed by atoms with Gasteiger partial charge in [0.05, 0.1) is 0 Å². The number of hydrogen-bond donors (Lipinski definition) is 3. The van der Waals surface area contributed by atoms with Crippen molar-refractivity contribution in [3.63, 3.8) is 0 Å². The van der Waals surface area contributed by atoms with Crippen LogP contribution in [0.3, 0.4) is 0 Å². The number of carbonyl (C=O) groups excluding carboxylic acids is 1. The van der Waals surface area contributed by atoms with E-state index in [1.807, 2.05) is 24.3 Å². The molecular weight excluding hydrogens is 238 g/mol. The van der Waals surface area contributed by atoms with Gasteiger partial charge in [0.1, 0.15) is 0 Å². The molecule has 0 fully saturated rings. The molecule has 1 aliphatic heterocycles. The van der Waals surface area contributed by atoms with Crippen LogP contribution in [0.15, 0.2) is 24.3 Å². The molecule has 6 heteroatoms. The monoisotopic (exact) mass is 251 g/mol. The number of aliphatic carboxylic acids is 1. The predicted octanol–water partition coefficient (Wildman–Crippen LogP) is -0.665. The largest absolute Gasteiger partial charge is 0.479 e. The lowest BCUT2D eigenvalue weighted by Crippen LogP contribution is -2.45. The quantitative estimate of drug-likeness (QED) is 0.662. The Morgan fingerprint density at radius 3 is 2.00 bits per heavy atom. The number of benzene rings is 1. The Bertz CT molecular complexity index is 462. The summed E-state index contributed by atoms with van der Waals surface area (Å²) in [4.78, 5) is 23.6. The Labute approximate surface area is 103 Å². The van der Waals surface area contributed by atoms with Crippen LogP contribution in [0.25, 0.3) is 0 Å². The lowest BCUT2D eigenvalue weighted by Gasteiger charge is -2.21. The molecule has 0 saturated heterocycles. The number of amides is 1. The Morgan fingerprint density at radius 1 is 1.06 bits per heavy atom. The van der Waals surface area contributed by atoms with E-state index in [1.165, 1.54) is 4.90 Å². The second kappa shape index (κ2) is 4.75. The van der Waals surface area contributed by atoms with Crippen molar-refractivity contribution in [3.05, 3.63) is 35.4 Å². The molecule has 0 saturated carbocycles. The molecule has 2 atom stereocenters. The highest BCUT2D eigenvalue weighted by Gasteiger charge is 2.35. The summed E-state index contributed by atoms with van der Waals surface area (Å²) < 4.78 is 0. The van der Waals surface area contributed by atoms with Gasteiger partial charge in [0.15, 0.2) is 12.2 Å². The maximum absolute atomic E-state index is 11.8. The molecule has 2 rings (SSSR count). The molecule has 96 valence electrons. The van der Waals surface area contributed by atoms with E-state index in [2.05, 4.69) is 0 Å². The van der Waals surface area contributed by atoms with Gasteiger partial charge in [-0.2, -0.15) is 0 Å². The van der Waals surface area contributed by atoms with Crippen molar-refractivity contribution in [2.24, 2.45) is 0 Å². The Balaban J connectivity index is 2.07. The Hall–Kier alpha value is -1.92. The third-order valence-corrected chi connectivity index (χ3v) is 2.96. The number of nitrogens with zero attached hydrogens (tertiary/aromatic N) is 1. The molecule has 1 heterocycles. The topological polar surface area (TPSA) is 98.1 Å². The summed E-state index contributed by atoms with van der Waals surface area (Å²) in [5.41, 5.74) is 1.92. The lowest BCUT2D eigenvalue weighted by molar-refractivity contribution is -0.162. The second-order valence-corrected chi connectivity index (χ2v) is 4.19. The van der Waals surface area contributed by atoms with E-state index in [9.17, 15) is 14.7 Å². The van der Waals surface area contributed by atoms with E-state index < -0.39 is 24.1 Å². The zero-order valence-corrected chi connectivity index (χ0v) is 9.48.